The lowest BCUT2D eigenvalue weighted by atomic mass is 9.81. The Morgan fingerprint density at radius 3 is 2.48 bits per heavy atom. The van der Waals surface area contributed by atoms with Crippen LogP contribution in [-0.2, 0) is 16.6 Å². The highest BCUT2D eigenvalue weighted by Gasteiger charge is 2.70. The highest BCUT2D eigenvalue weighted by atomic mass is 32.2. The highest BCUT2D eigenvalue weighted by molar-refractivity contribution is 7.91. The van der Waals surface area contributed by atoms with E-state index in [0.29, 0.717) is 18.8 Å². The first-order chi connectivity index (χ1) is 9.81. The van der Waals surface area contributed by atoms with E-state index in [0.717, 1.165) is 12.0 Å². The van der Waals surface area contributed by atoms with Crippen molar-refractivity contribution in [3.05, 3.63) is 35.9 Å². The van der Waals surface area contributed by atoms with Crippen molar-refractivity contribution in [3.8, 4) is 0 Å². The van der Waals surface area contributed by atoms with E-state index in [-0.39, 0.29) is 12.0 Å². The van der Waals surface area contributed by atoms with Gasteiger partial charge in [-0.15, -0.1) is 0 Å². The Labute approximate surface area is 126 Å². The number of rotatable bonds is 4. The lowest BCUT2D eigenvalue weighted by Gasteiger charge is -2.39. The minimum atomic E-state index is -3.59. The Kier molecular flexibility index (Phi) is 3.43. The van der Waals surface area contributed by atoms with Crippen molar-refractivity contribution in [3.63, 3.8) is 0 Å². The molecule has 0 aliphatic heterocycles. The first kappa shape index (κ1) is 15.0. The van der Waals surface area contributed by atoms with Crippen LogP contribution in [0.15, 0.2) is 30.3 Å². The van der Waals surface area contributed by atoms with Crippen LogP contribution in [0, 0.1) is 11.3 Å². The molecule has 2 aliphatic carbocycles. The quantitative estimate of drug-likeness (QED) is 0.894. The van der Waals surface area contributed by atoms with Crippen LogP contribution < -0.4 is 4.72 Å². The fraction of sp³-hybridized carbons (Fsp3) is 0.625. The molecule has 116 valence electrons. The second-order valence-corrected chi connectivity index (χ2v) is 8.93. The van der Waals surface area contributed by atoms with Gasteiger partial charge in [0.2, 0.25) is 10.0 Å². The van der Waals surface area contributed by atoms with E-state index in [1.165, 1.54) is 0 Å². The molecule has 21 heavy (non-hydrogen) atoms. The maximum atomic E-state index is 12.9. The molecule has 0 spiro atoms. The van der Waals surface area contributed by atoms with Crippen LogP contribution in [0.3, 0.4) is 0 Å². The summed E-state index contributed by atoms with van der Waals surface area (Å²) in [6, 6.07) is 9.48. The summed E-state index contributed by atoms with van der Waals surface area (Å²) < 4.78 is 27.6. The van der Waals surface area contributed by atoms with Gasteiger partial charge in [-0.3, -0.25) is 0 Å². The van der Waals surface area contributed by atoms with Gasteiger partial charge in [0.25, 0.3) is 0 Å². The number of sulfonamides is 1. The summed E-state index contributed by atoms with van der Waals surface area (Å²) in [6.45, 7) is 4.25. The van der Waals surface area contributed by atoms with Gasteiger partial charge >= 0.3 is 0 Å². The van der Waals surface area contributed by atoms with Crippen molar-refractivity contribution in [1.29, 1.82) is 0 Å². The van der Waals surface area contributed by atoms with Gasteiger partial charge in [0.1, 0.15) is 4.75 Å². The molecule has 0 radical (unpaired) electrons. The second-order valence-electron chi connectivity index (χ2n) is 6.91. The average Bonchev–Trinajstić information content (AvgIpc) is 2.82. The van der Waals surface area contributed by atoms with Crippen molar-refractivity contribution >= 4 is 10.0 Å². The molecule has 5 heteroatoms. The fourth-order valence-electron chi connectivity index (χ4n) is 4.45. The number of aliphatic hydroxyl groups excluding tert-OH is 1. The minimum absolute atomic E-state index is 0.276. The molecule has 4 nitrogen and oxygen atoms in total. The number of nitrogens with one attached hydrogen (secondary N) is 1. The largest absolute Gasteiger partial charge is 0.391 e. The van der Waals surface area contributed by atoms with Crippen LogP contribution in [-0.4, -0.2) is 24.4 Å². The average molecular weight is 309 g/mol. The van der Waals surface area contributed by atoms with Gasteiger partial charge in [0.15, 0.2) is 0 Å². The van der Waals surface area contributed by atoms with Gasteiger partial charge in [-0.05, 0) is 36.2 Å². The van der Waals surface area contributed by atoms with Gasteiger partial charge in [-0.2, -0.15) is 0 Å². The normalized spacial score (nSPS) is 34.2. The van der Waals surface area contributed by atoms with E-state index < -0.39 is 20.9 Å². The van der Waals surface area contributed by atoms with Crippen molar-refractivity contribution in [1.82, 2.24) is 4.72 Å². The Balaban J connectivity index is 1.88. The monoisotopic (exact) mass is 309 g/mol. The Bertz CT molecular complexity index is 626. The molecular formula is C16H23NO3S. The minimum Gasteiger partial charge on any atom is -0.391 e. The molecule has 2 saturated carbocycles. The predicted molar refractivity (Wildman–Crippen MR) is 82.1 cm³/mol. The van der Waals surface area contributed by atoms with Gasteiger partial charge in [-0.25, -0.2) is 13.1 Å². The molecule has 2 fully saturated rings. The van der Waals surface area contributed by atoms with E-state index in [9.17, 15) is 13.5 Å². The Hall–Kier alpha value is -0.910. The molecule has 1 aromatic rings. The number of hydrogen-bond acceptors (Lipinski definition) is 3. The van der Waals surface area contributed by atoms with Crippen LogP contribution >= 0.6 is 0 Å². The SMILES string of the molecule is CC1(C)C2CC[C@]1(S(=O)(=O)NCc1ccccc1)[C@@H](O)C2. The molecule has 0 amide bonds. The van der Waals surface area contributed by atoms with E-state index in [1.807, 2.05) is 44.2 Å². The lowest BCUT2D eigenvalue weighted by Crippen LogP contribution is -2.56. The van der Waals surface area contributed by atoms with Gasteiger partial charge in [-0.1, -0.05) is 44.2 Å². The second kappa shape index (κ2) is 4.80. The Morgan fingerprint density at radius 1 is 1.29 bits per heavy atom. The molecule has 3 rings (SSSR count). The predicted octanol–water partition coefficient (Wildman–Crippen LogP) is 2.05. The zero-order valence-electron chi connectivity index (χ0n) is 12.5. The van der Waals surface area contributed by atoms with Crippen molar-refractivity contribution in [2.75, 3.05) is 0 Å². The highest BCUT2D eigenvalue weighted by Crippen LogP contribution is 2.63. The van der Waals surface area contributed by atoms with Crippen LogP contribution in [0.5, 0.6) is 0 Å². The van der Waals surface area contributed by atoms with Crippen LogP contribution in [0.1, 0.15) is 38.7 Å². The molecule has 2 bridgehead atoms. The van der Waals surface area contributed by atoms with E-state index in [4.69, 9.17) is 0 Å². The van der Waals surface area contributed by atoms with E-state index in [1.54, 1.807) is 0 Å². The van der Waals surface area contributed by atoms with E-state index in [2.05, 4.69) is 4.72 Å². The third-order valence-electron chi connectivity index (χ3n) is 5.81. The molecule has 2 aliphatic rings. The number of benzene rings is 1. The molecule has 1 unspecified atom stereocenters. The van der Waals surface area contributed by atoms with Crippen LogP contribution in [0.4, 0.5) is 0 Å². The lowest BCUT2D eigenvalue weighted by molar-refractivity contribution is 0.110. The summed E-state index contributed by atoms with van der Waals surface area (Å²) in [5.41, 5.74) is 0.548. The molecule has 2 N–H and O–H groups in total. The third-order valence-corrected chi connectivity index (χ3v) is 8.30. The summed E-state index contributed by atoms with van der Waals surface area (Å²) in [7, 11) is -3.59. The summed E-state index contributed by atoms with van der Waals surface area (Å²) in [5.74, 6) is 0.292. The zero-order chi connectivity index (χ0) is 15.3. The Morgan fingerprint density at radius 2 is 1.95 bits per heavy atom. The first-order valence-corrected chi connectivity index (χ1v) is 9.01. The van der Waals surface area contributed by atoms with Crippen molar-refractivity contribution in [2.24, 2.45) is 11.3 Å². The fourth-order valence-corrected chi connectivity index (χ4v) is 6.76. The number of fused-ring (bicyclic) bond motifs is 2. The molecule has 0 aromatic heterocycles. The van der Waals surface area contributed by atoms with Crippen molar-refractivity contribution < 1.29 is 13.5 Å². The van der Waals surface area contributed by atoms with Crippen molar-refractivity contribution in [2.45, 2.75) is 50.5 Å². The third kappa shape index (κ3) is 1.98. The summed E-state index contributed by atoms with van der Waals surface area (Å²) in [4.78, 5) is 0. The maximum Gasteiger partial charge on any atom is 0.220 e. The molecule has 3 atom stereocenters. The standard InChI is InChI=1S/C16H23NO3S/c1-15(2)13-8-9-16(15,14(18)10-13)21(19,20)17-11-12-6-4-3-5-7-12/h3-7,13-14,17-18H,8-11H2,1-2H3/t13?,14-,16-/m0/s1. The summed E-state index contributed by atoms with van der Waals surface area (Å²) in [6.07, 6.45) is 1.27. The van der Waals surface area contributed by atoms with Gasteiger partial charge in [0.05, 0.1) is 6.10 Å². The molecular weight excluding hydrogens is 286 g/mol. The molecule has 0 heterocycles. The smallest absolute Gasteiger partial charge is 0.220 e. The van der Waals surface area contributed by atoms with Gasteiger partial charge in [0, 0.05) is 6.54 Å². The molecule has 1 aromatic carbocycles. The summed E-state index contributed by atoms with van der Waals surface area (Å²) in [5, 5.41) is 10.4. The topological polar surface area (TPSA) is 66.4 Å². The van der Waals surface area contributed by atoms with Crippen LogP contribution in [0.25, 0.3) is 0 Å². The number of hydrogen-bond donors (Lipinski definition) is 2. The van der Waals surface area contributed by atoms with Gasteiger partial charge < -0.3 is 5.11 Å². The maximum absolute atomic E-state index is 12.9. The van der Waals surface area contributed by atoms with Crippen LogP contribution in [0.2, 0.25) is 0 Å². The van der Waals surface area contributed by atoms with E-state index >= 15 is 0 Å². The first-order valence-electron chi connectivity index (χ1n) is 7.52. The number of aliphatic hydroxyl groups is 1. The summed E-state index contributed by atoms with van der Waals surface area (Å²) >= 11 is 0. The molecule has 0 saturated heterocycles. The zero-order valence-corrected chi connectivity index (χ0v) is 13.4.